The third kappa shape index (κ3) is 6.60. The highest BCUT2D eigenvalue weighted by Gasteiger charge is 2.10. The molecule has 0 radical (unpaired) electrons. The Morgan fingerprint density at radius 1 is 0.706 bits per heavy atom. The highest BCUT2D eigenvalue weighted by Crippen LogP contribution is 2.10. The molecule has 0 saturated carbocycles. The van der Waals surface area contributed by atoms with Crippen LogP contribution in [0.1, 0.15) is 65.2 Å². The van der Waals surface area contributed by atoms with Crippen molar-refractivity contribution in [2.24, 2.45) is 0 Å². The molecule has 1 aliphatic rings. The van der Waals surface area contributed by atoms with E-state index in [1.54, 1.807) is 0 Å². The average molecular weight is 238 g/mol. The van der Waals surface area contributed by atoms with Crippen LogP contribution in [-0.2, 0) is 0 Å². The van der Waals surface area contributed by atoms with Crippen molar-refractivity contribution in [1.82, 2.24) is 9.80 Å². The summed E-state index contributed by atoms with van der Waals surface area (Å²) in [7, 11) is 0. The lowest BCUT2D eigenvalue weighted by molar-refractivity contribution is 0.257. The van der Waals surface area contributed by atoms with Gasteiger partial charge in [-0.05, 0) is 12.8 Å². The van der Waals surface area contributed by atoms with E-state index in [1.807, 2.05) is 0 Å². The number of unbranched alkanes of at least 4 members (excludes halogenated alkanes) is 6. The zero-order valence-corrected chi connectivity index (χ0v) is 11.8. The molecule has 0 amide bonds. The van der Waals surface area contributed by atoms with Gasteiger partial charge in [0.15, 0.2) is 0 Å². The minimum atomic E-state index is 1.12. The monoisotopic (exact) mass is 238 g/mol. The molecule has 2 nitrogen and oxygen atoms in total. The quantitative estimate of drug-likeness (QED) is 0.526. The number of nitrogens with zero attached hydrogens (tertiary/aromatic N) is 2. The van der Waals surface area contributed by atoms with Crippen LogP contribution in [0.2, 0.25) is 0 Å². The Balaban J connectivity index is 1.96. The van der Waals surface area contributed by atoms with E-state index in [2.05, 4.69) is 36.0 Å². The largest absolute Gasteiger partial charge is 0.359 e. The van der Waals surface area contributed by atoms with Gasteiger partial charge in [0.2, 0.25) is 0 Å². The van der Waals surface area contributed by atoms with Gasteiger partial charge < -0.3 is 9.80 Å². The van der Waals surface area contributed by atoms with Crippen LogP contribution in [0.15, 0.2) is 12.4 Å². The Kier molecular flexibility index (Phi) is 7.94. The van der Waals surface area contributed by atoms with Crippen molar-refractivity contribution < 1.29 is 0 Å². The fourth-order valence-electron chi connectivity index (χ4n) is 2.29. The molecule has 1 aliphatic heterocycles. The first-order valence-electron chi connectivity index (χ1n) is 7.53. The second-order valence-electron chi connectivity index (χ2n) is 5.19. The topological polar surface area (TPSA) is 6.48 Å². The molecule has 0 aromatic rings. The zero-order chi connectivity index (χ0) is 12.3. The van der Waals surface area contributed by atoms with Crippen LogP contribution in [0.4, 0.5) is 0 Å². The minimum Gasteiger partial charge on any atom is -0.359 e. The summed E-state index contributed by atoms with van der Waals surface area (Å²) in [5.74, 6) is 0. The van der Waals surface area contributed by atoms with Gasteiger partial charge >= 0.3 is 0 Å². The van der Waals surface area contributed by atoms with Gasteiger partial charge in [0.25, 0.3) is 0 Å². The van der Waals surface area contributed by atoms with E-state index >= 15 is 0 Å². The van der Waals surface area contributed by atoms with E-state index in [0.29, 0.717) is 0 Å². The molecule has 1 heterocycles. The van der Waals surface area contributed by atoms with Crippen LogP contribution < -0.4 is 0 Å². The molecule has 0 spiro atoms. The predicted octanol–water partition coefficient (Wildman–Crippen LogP) is 4.19. The van der Waals surface area contributed by atoms with E-state index < -0.39 is 0 Å². The molecule has 0 aromatic carbocycles. The molecule has 1 rings (SSSR count). The highest BCUT2D eigenvalue weighted by atomic mass is 15.3. The lowest BCUT2D eigenvalue weighted by Gasteiger charge is -2.21. The van der Waals surface area contributed by atoms with E-state index in [9.17, 15) is 0 Å². The summed E-state index contributed by atoms with van der Waals surface area (Å²) in [5, 5.41) is 0. The molecule has 0 bridgehead atoms. The highest BCUT2D eigenvalue weighted by molar-refractivity contribution is 4.90. The summed E-state index contributed by atoms with van der Waals surface area (Å²) in [6.07, 6.45) is 15.5. The first kappa shape index (κ1) is 14.4. The first-order valence-corrected chi connectivity index (χ1v) is 7.53. The van der Waals surface area contributed by atoms with Crippen molar-refractivity contribution >= 4 is 0 Å². The molecular formula is C15H30N2. The predicted molar refractivity (Wildman–Crippen MR) is 75.7 cm³/mol. The van der Waals surface area contributed by atoms with E-state index in [4.69, 9.17) is 0 Å². The summed E-state index contributed by atoms with van der Waals surface area (Å²) in [4.78, 5) is 4.90. The molecule has 2 heteroatoms. The van der Waals surface area contributed by atoms with Crippen LogP contribution >= 0.6 is 0 Å². The van der Waals surface area contributed by atoms with Crippen molar-refractivity contribution in [3.8, 4) is 0 Å². The maximum atomic E-state index is 2.46. The first-order chi connectivity index (χ1) is 8.36. The van der Waals surface area contributed by atoms with Gasteiger partial charge in [-0.2, -0.15) is 0 Å². The van der Waals surface area contributed by atoms with E-state index in [1.165, 1.54) is 64.5 Å². The molecule has 0 atom stereocenters. The van der Waals surface area contributed by atoms with Crippen molar-refractivity contribution in [2.75, 3.05) is 19.8 Å². The van der Waals surface area contributed by atoms with Gasteiger partial charge in [-0.1, -0.05) is 52.4 Å². The second-order valence-corrected chi connectivity index (χ2v) is 5.19. The molecule has 0 fully saturated rings. The molecule has 0 unspecified atom stereocenters. The Morgan fingerprint density at radius 2 is 1.18 bits per heavy atom. The van der Waals surface area contributed by atoms with Gasteiger partial charge in [-0.25, -0.2) is 0 Å². The van der Waals surface area contributed by atoms with Crippen molar-refractivity contribution in [3.63, 3.8) is 0 Å². The zero-order valence-electron chi connectivity index (χ0n) is 11.8. The smallest absolute Gasteiger partial charge is 0.0893 e. The van der Waals surface area contributed by atoms with Gasteiger partial charge in [0, 0.05) is 25.5 Å². The molecule has 0 N–H and O–H groups in total. The Bertz CT molecular complexity index is 201. The summed E-state index contributed by atoms with van der Waals surface area (Å²) < 4.78 is 0. The van der Waals surface area contributed by atoms with E-state index in [-0.39, 0.29) is 0 Å². The Morgan fingerprint density at radius 3 is 1.76 bits per heavy atom. The SMILES string of the molecule is CCCCCCCN1C=CN(CCCCC)C1. The standard InChI is InChI=1S/C15H30N2/c1-3-5-7-8-10-12-17-14-13-16(15-17)11-9-6-4-2/h13-14H,3-12,15H2,1-2H3. The lowest BCUT2D eigenvalue weighted by Crippen LogP contribution is -2.26. The third-order valence-electron chi connectivity index (χ3n) is 3.45. The third-order valence-corrected chi connectivity index (χ3v) is 3.45. The molecule has 0 aromatic heterocycles. The Labute approximate surface area is 108 Å². The van der Waals surface area contributed by atoms with Gasteiger partial charge in [0.05, 0.1) is 6.67 Å². The normalized spacial score (nSPS) is 14.9. The summed E-state index contributed by atoms with van der Waals surface area (Å²) in [6, 6.07) is 0. The number of rotatable bonds is 10. The van der Waals surface area contributed by atoms with Gasteiger partial charge in [0.1, 0.15) is 0 Å². The summed E-state index contributed by atoms with van der Waals surface area (Å²) >= 11 is 0. The fourth-order valence-corrected chi connectivity index (χ4v) is 2.29. The number of hydrogen-bond donors (Lipinski definition) is 0. The van der Waals surface area contributed by atoms with Crippen molar-refractivity contribution in [3.05, 3.63) is 12.4 Å². The van der Waals surface area contributed by atoms with Crippen molar-refractivity contribution in [1.29, 1.82) is 0 Å². The molecule has 0 aliphatic carbocycles. The molecular weight excluding hydrogens is 208 g/mol. The summed E-state index contributed by atoms with van der Waals surface area (Å²) in [5.41, 5.74) is 0. The van der Waals surface area contributed by atoms with Crippen LogP contribution in [0.25, 0.3) is 0 Å². The number of hydrogen-bond acceptors (Lipinski definition) is 2. The average Bonchev–Trinajstić information content (AvgIpc) is 2.77. The van der Waals surface area contributed by atoms with Crippen LogP contribution in [-0.4, -0.2) is 29.6 Å². The lowest BCUT2D eigenvalue weighted by atomic mass is 10.1. The van der Waals surface area contributed by atoms with Gasteiger partial charge in [-0.15, -0.1) is 0 Å². The Hall–Kier alpha value is -0.660. The van der Waals surface area contributed by atoms with E-state index in [0.717, 1.165) is 6.67 Å². The second kappa shape index (κ2) is 9.38. The molecule has 100 valence electrons. The fraction of sp³-hybridized carbons (Fsp3) is 0.867. The molecule has 0 saturated heterocycles. The van der Waals surface area contributed by atoms with Crippen molar-refractivity contribution in [2.45, 2.75) is 65.2 Å². The van der Waals surface area contributed by atoms with Crippen LogP contribution in [0.3, 0.4) is 0 Å². The molecule has 17 heavy (non-hydrogen) atoms. The summed E-state index contributed by atoms with van der Waals surface area (Å²) in [6.45, 7) is 8.14. The maximum Gasteiger partial charge on any atom is 0.0893 e. The van der Waals surface area contributed by atoms with Crippen LogP contribution in [0.5, 0.6) is 0 Å². The minimum absolute atomic E-state index is 1.12. The van der Waals surface area contributed by atoms with Crippen LogP contribution in [0, 0.1) is 0 Å². The van der Waals surface area contributed by atoms with Gasteiger partial charge in [-0.3, -0.25) is 0 Å². The maximum absolute atomic E-state index is 2.46.